The van der Waals surface area contributed by atoms with E-state index in [9.17, 15) is 9.59 Å². The molecule has 1 saturated heterocycles. The molecule has 2 aliphatic carbocycles. The highest BCUT2D eigenvalue weighted by Gasteiger charge is 2.61. The van der Waals surface area contributed by atoms with Crippen molar-refractivity contribution in [3.8, 4) is 0 Å². The lowest BCUT2D eigenvalue weighted by Crippen LogP contribution is -2.52. The van der Waals surface area contributed by atoms with Gasteiger partial charge in [0.1, 0.15) is 0 Å². The first kappa shape index (κ1) is 19.3. The van der Waals surface area contributed by atoms with Crippen LogP contribution in [-0.4, -0.2) is 36.0 Å². The monoisotopic (exact) mass is 383 g/mol. The van der Waals surface area contributed by atoms with Gasteiger partial charge in [0.15, 0.2) is 0 Å². The van der Waals surface area contributed by atoms with Crippen molar-refractivity contribution in [2.75, 3.05) is 18.4 Å². The lowest BCUT2D eigenvalue weighted by Gasteiger charge is -2.40. The molecule has 1 aromatic carbocycles. The molecule has 4 rings (SSSR count). The molecule has 28 heavy (non-hydrogen) atoms. The number of nitrogens with zero attached hydrogens (tertiary/aromatic N) is 1. The Hall–Kier alpha value is -2.04. The first-order chi connectivity index (χ1) is 13.3. The summed E-state index contributed by atoms with van der Waals surface area (Å²) in [5.41, 5.74) is 1.27. The van der Waals surface area contributed by atoms with Crippen LogP contribution in [0.4, 0.5) is 10.5 Å². The van der Waals surface area contributed by atoms with Crippen LogP contribution in [0.3, 0.4) is 0 Å². The number of hydrogen-bond donors (Lipinski definition) is 2. The van der Waals surface area contributed by atoms with Crippen LogP contribution >= 0.6 is 0 Å². The van der Waals surface area contributed by atoms with Gasteiger partial charge in [0.05, 0.1) is 5.92 Å². The fourth-order valence-electron chi connectivity index (χ4n) is 5.81. The summed E-state index contributed by atoms with van der Waals surface area (Å²) in [6.07, 6.45) is 5.31. The zero-order valence-corrected chi connectivity index (χ0v) is 17.3. The van der Waals surface area contributed by atoms with Gasteiger partial charge < -0.3 is 15.5 Å². The standard InChI is InChI=1S/C23H33N3O2/c1-22(2)17-11-12-23(22,3)19(14-17)25-20(27)16-8-7-13-26(15-16)21(28)24-18-9-5-4-6-10-18/h4-6,9-10,16-17,19H,7-8,11-15H2,1-3H3,(H,24,28)(H,25,27)/t16-,17-,19+,23-/m0/s1. The summed E-state index contributed by atoms with van der Waals surface area (Å²) in [5, 5.41) is 6.33. The molecule has 5 nitrogen and oxygen atoms in total. The van der Waals surface area contributed by atoms with E-state index >= 15 is 0 Å². The van der Waals surface area contributed by atoms with Gasteiger partial charge in [-0.3, -0.25) is 4.79 Å². The van der Waals surface area contributed by atoms with E-state index in [0.29, 0.717) is 24.4 Å². The van der Waals surface area contributed by atoms with E-state index in [1.807, 2.05) is 30.3 Å². The maximum absolute atomic E-state index is 13.0. The Kier molecular flexibility index (Phi) is 4.88. The van der Waals surface area contributed by atoms with E-state index in [2.05, 4.69) is 31.4 Å². The van der Waals surface area contributed by atoms with Crippen molar-refractivity contribution in [2.45, 2.75) is 58.9 Å². The number of piperidine rings is 1. The third-order valence-corrected chi connectivity index (χ3v) is 8.21. The molecule has 152 valence electrons. The van der Waals surface area contributed by atoms with Crippen LogP contribution in [0.25, 0.3) is 0 Å². The second-order valence-corrected chi connectivity index (χ2v) is 9.75. The largest absolute Gasteiger partial charge is 0.352 e. The molecule has 1 aromatic rings. The number of likely N-dealkylation sites (tertiary alicyclic amines) is 1. The Bertz CT molecular complexity index is 747. The van der Waals surface area contributed by atoms with Crippen molar-refractivity contribution >= 4 is 17.6 Å². The van der Waals surface area contributed by atoms with Crippen LogP contribution in [0.1, 0.15) is 52.9 Å². The highest BCUT2D eigenvalue weighted by molar-refractivity contribution is 5.90. The summed E-state index contributed by atoms with van der Waals surface area (Å²) in [5.74, 6) is 0.732. The summed E-state index contributed by atoms with van der Waals surface area (Å²) in [6.45, 7) is 8.30. The molecule has 1 aliphatic heterocycles. The van der Waals surface area contributed by atoms with Crippen LogP contribution < -0.4 is 10.6 Å². The third kappa shape index (κ3) is 3.19. The Labute approximate surface area is 168 Å². The Morgan fingerprint density at radius 1 is 1.11 bits per heavy atom. The Morgan fingerprint density at radius 2 is 1.86 bits per heavy atom. The molecule has 3 fully saturated rings. The summed E-state index contributed by atoms with van der Waals surface area (Å²) in [7, 11) is 0. The number of hydrogen-bond acceptors (Lipinski definition) is 2. The van der Waals surface area contributed by atoms with Gasteiger partial charge in [0, 0.05) is 24.8 Å². The van der Waals surface area contributed by atoms with Gasteiger partial charge in [-0.15, -0.1) is 0 Å². The Balaban J connectivity index is 1.36. The summed E-state index contributed by atoms with van der Waals surface area (Å²) >= 11 is 0. The zero-order chi connectivity index (χ0) is 19.9. The van der Waals surface area contributed by atoms with Gasteiger partial charge in [-0.25, -0.2) is 4.79 Å². The van der Waals surface area contributed by atoms with Crippen molar-refractivity contribution in [3.05, 3.63) is 30.3 Å². The van der Waals surface area contributed by atoms with Gasteiger partial charge in [0.25, 0.3) is 0 Å². The molecular weight excluding hydrogens is 350 g/mol. The van der Waals surface area contributed by atoms with Crippen molar-refractivity contribution in [1.29, 1.82) is 0 Å². The average Bonchev–Trinajstić information content (AvgIpc) is 3.02. The molecule has 2 N–H and O–H groups in total. The minimum Gasteiger partial charge on any atom is -0.352 e. The smallest absolute Gasteiger partial charge is 0.321 e. The van der Waals surface area contributed by atoms with Crippen LogP contribution in [-0.2, 0) is 4.79 Å². The fourth-order valence-corrected chi connectivity index (χ4v) is 5.81. The quantitative estimate of drug-likeness (QED) is 0.819. The predicted octanol–water partition coefficient (Wildman–Crippen LogP) is 4.26. The molecule has 5 heteroatoms. The predicted molar refractivity (Wildman–Crippen MR) is 111 cm³/mol. The molecule has 4 atom stereocenters. The topological polar surface area (TPSA) is 61.4 Å². The number of para-hydroxylation sites is 1. The van der Waals surface area contributed by atoms with Gasteiger partial charge in [-0.05, 0) is 61.0 Å². The number of carbonyl (C=O) groups is 2. The van der Waals surface area contributed by atoms with Crippen molar-refractivity contribution < 1.29 is 9.59 Å². The maximum Gasteiger partial charge on any atom is 0.321 e. The van der Waals surface area contributed by atoms with Gasteiger partial charge in [-0.2, -0.15) is 0 Å². The molecule has 0 unspecified atom stereocenters. The van der Waals surface area contributed by atoms with Crippen LogP contribution in [0.15, 0.2) is 30.3 Å². The van der Waals surface area contributed by atoms with Crippen LogP contribution in [0.2, 0.25) is 0 Å². The van der Waals surface area contributed by atoms with E-state index in [1.165, 1.54) is 12.8 Å². The van der Waals surface area contributed by atoms with E-state index in [-0.39, 0.29) is 29.3 Å². The summed E-state index contributed by atoms with van der Waals surface area (Å²) in [6, 6.07) is 9.64. The van der Waals surface area contributed by atoms with Crippen molar-refractivity contribution in [1.82, 2.24) is 10.2 Å². The molecule has 0 radical (unpaired) electrons. The maximum atomic E-state index is 13.0. The lowest BCUT2D eigenvalue weighted by atomic mass is 9.69. The van der Waals surface area contributed by atoms with Crippen LogP contribution in [0.5, 0.6) is 0 Å². The minimum absolute atomic E-state index is 0.110. The molecule has 0 spiro atoms. The van der Waals surface area contributed by atoms with E-state index in [1.54, 1.807) is 4.90 Å². The molecule has 2 bridgehead atoms. The number of urea groups is 1. The molecule has 2 saturated carbocycles. The lowest BCUT2D eigenvalue weighted by molar-refractivity contribution is -0.128. The second-order valence-electron chi connectivity index (χ2n) is 9.75. The SMILES string of the molecule is CC1(C)[C@H]2CC[C@@]1(C)[C@H](NC(=O)[C@H]1CCCN(C(=O)Nc3ccccc3)C1)C2. The number of nitrogens with one attached hydrogen (secondary N) is 2. The number of amides is 3. The van der Waals surface area contributed by atoms with Gasteiger partial charge in [-0.1, -0.05) is 39.0 Å². The number of benzene rings is 1. The molecular formula is C23H33N3O2. The van der Waals surface area contributed by atoms with E-state index < -0.39 is 0 Å². The number of fused-ring (bicyclic) bond motifs is 2. The van der Waals surface area contributed by atoms with E-state index in [4.69, 9.17) is 0 Å². The summed E-state index contributed by atoms with van der Waals surface area (Å²) in [4.78, 5) is 27.4. The third-order valence-electron chi connectivity index (χ3n) is 8.21. The molecule has 3 aliphatic rings. The number of rotatable bonds is 3. The minimum atomic E-state index is -0.114. The molecule has 1 heterocycles. The number of anilines is 1. The first-order valence-corrected chi connectivity index (χ1v) is 10.7. The highest BCUT2D eigenvalue weighted by Crippen LogP contribution is 2.65. The van der Waals surface area contributed by atoms with Gasteiger partial charge in [0.2, 0.25) is 5.91 Å². The fraction of sp³-hybridized carbons (Fsp3) is 0.652. The zero-order valence-electron chi connectivity index (χ0n) is 17.3. The molecule has 3 amide bonds. The second kappa shape index (κ2) is 7.09. The number of carbonyl (C=O) groups excluding carboxylic acids is 2. The normalized spacial score (nSPS) is 33.5. The van der Waals surface area contributed by atoms with Crippen molar-refractivity contribution in [3.63, 3.8) is 0 Å². The van der Waals surface area contributed by atoms with Gasteiger partial charge >= 0.3 is 6.03 Å². The van der Waals surface area contributed by atoms with Crippen molar-refractivity contribution in [2.24, 2.45) is 22.7 Å². The molecule has 0 aromatic heterocycles. The van der Waals surface area contributed by atoms with Crippen LogP contribution in [0, 0.1) is 22.7 Å². The average molecular weight is 384 g/mol. The summed E-state index contributed by atoms with van der Waals surface area (Å²) < 4.78 is 0. The first-order valence-electron chi connectivity index (χ1n) is 10.7. The van der Waals surface area contributed by atoms with E-state index in [0.717, 1.165) is 24.9 Å². The highest BCUT2D eigenvalue weighted by atomic mass is 16.2. The Morgan fingerprint density at radius 3 is 2.50 bits per heavy atom.